The first-order valence-electron chi connectivity index (χ1n) is 8.24. The van der Waals surface area contributed by atoms with E-state index in [0.717, 1.165) is 0 Å². The van der Waals surface area contributed by atoms with Crippen molar-refractivity contribution in [1.82, 2.24) is 0 Å². The number of nitrogens with zero attached hydrogens (tertiary/aromatic N) is 2. The van der Waals surface area contributed by atoms with Crippen molar-refractivity contribution in [2.45, 2.75) is 6.42 Å². The molecule has 0 heterocycles. The molecule has 0 aliphatic heterocycles. The van der Waals surface area contributed by atoms with Crippen molar-refractivity contribution in [2.75, 3.05) is 25.2 Å². The van der Waals surface area contributed by atoms with E-state index in [-0.39, 0.29) is 24.1 Å². The topological polar surface area (TPSA) is 96.7 Å². The van der Waals surface area contributed by atoms with Crippen LogP contribution in [0.2, 0.25) is 0 Å². The monoisotopic (exact) mass is 384 g/mol. The molecule has 0 aliphatic rings. The zero-order valence-corrected chi connectivity index (χ0v) is 15.1. The Balaban J connectivity index is 2.02. The summed E-state index contributed by atoms with van der Waals surface area (Å²) in [5.41, 5.74) is 0.819. The molecule has 144 valence electrons. The normalized spacial score (nSPS) is 9.89. The second kappa shape index (κ2) is 9.83. The van der Waals surface area contributed by atoms with Gasteiger partial charge >= 0.3 is 11.9 Å². The molecule has 7 nitrogen and oxygen atoms in total. The van der Waals surface area contributed by atoms with Gasteiger partial charge in [-0.25, -0.2) is 14.0 Å². The minimum absolute atomic E-state index is 0.0616. The second-order valence-electron chi connectivity index (χ2n) is 5.57. The van der Waals surface area contributed by atoms with Gasteiger partial charge in [0.15, 0.2) is 6.61 Å². The molecule has 0 saturated heterocycles. The molecule has 28 heavy (non-hydrogen) atoms. The van der Waals surface area contributed by atoms with Crippen LogP contribution in [0, 0.1) is 17.1 Å². The molecular formula is C20H17FN2O5. The smallest absolute Gasteiger partial charge is 0.338 e. The lowest BCUT2D eigenvalue weighted by Gasteiger charge is -2.21. The molecule has 0 fully saturated rings. The summed E-state index contributed by atoms with van der Waals surface area (Å²) in [7, 11) is 1.25. The maximum absolute atomic E-state index is 13.1. The lowest BCUT2D eigenvalue weighted by atomic mass is 10.1. The molecule has 1 amide bonds. The van der Waals surface area contributed by atoms with Gasteiger partial charge in [0.25, 0.3) is 5.91 Å². The van der Waals surface area contributed by atoms with E-state index in [2.05, 4.69) is 4.74 Å². The lowest BCUT2D eigenvalue weighted by molar-refractivity contribution is -0.121. The zero-order valence-electron chi connectivity index (χ0n) is 15.1. The van der Waals surface area contributed by atoms with Crippen LogP contribution in [0.5, 0.6) is 0 Å². The highest BCUT2D eigenvalue weighted by molar-refractivity contribution is 5.97. The third-order valence-corrected chi connectivity index (χ3v) is 3.76. The Morgan fingerprint density at radius 2 is 1.57 bits per heavy atom. The first kappa shape index (κ1) is 20.6. The summed E-state index contributed by atoms with van der Waals surface area (Å²) in [6.45, 7) is -0.479. The van der Waals surface area contributed by atoms with Gasteiger partial charge in [0.05, 0.1) is 30.7 Å². The number of esters is 2. The molecule has 2 aromatic rings. The number of ether oxygens (including phenoxy) is 2. The highest BCUT2D eigenvalue weighted by atomic mass is 19.1. The van der Waals surface area contributed by atoms with Crippen molar-refractivity contribution in [3.63, 3.8) is 0 Å². The minimum Gasteiger partial charge on any atom is -0.465 e. The molecule has 0 atom stereocenters. The van der Waals surface area contributed by atoms with E-state index in [1.165, 1.54) is 60.5 Å². The van der Waals surface area contributed by atoms with Crippen LogP contribution in [0.25, 0.3) is 0 Å². The van der Waals surface area contributed by atoms with Gasteiger partial charge in [-0.1, -0.05) is 0 Å². The SMILES string of the molecule is COC(=O)c1ccc(C(=O)OCC(=O)N(CCC#N)c2ccc(F)cc2)cc1. The van der Waals surface area contributed by atoms with Gasteiger partial charge in [0, 0.05) is 12.2 Å². The molecule has 0 aromatic heterocycles. The van der Waals surface area contributed by atoms with Crippen LogP contribution >= 0.6 is 0 Å². The Morgan fingerprint density at radius 3 is 2.11 bits per heavy atom. The molecule has 0 spiro atoms. The van der Waals surface area contributed by atoms with Gasteiger partial charge < -0.3 is 14.4 Å². The van der Waals surface area contributed by atoms with Crippen LogP contribution in [-0.2, 0) is 14.3 Å². The number of amides is 1. The summed E-state index contributed by atoms with van der Waals surface area (Å²) in [4.78, 5) is 37.2. The zero-order chi connectivity index (χ0) is 20.5. The lowest BCUT2D eigenvalue weighted by Crippen LogP contribution is -2.35. The number of carbonyl (C=O) groups is 3. The quantitative estimate of drug-likeness (QED) is 0.681. The van der Waals surface area contributed by atoms with E-state index in [0.29, 0.717) is 5.69 Å². The second-order valence-corrected chi connectivity index (χ2v) is 5.57. The van der Waals surface area contributed by atoms with Crippen molar-refractivity contribution in [3.8, 4) is 6.07 Å². The van der Waals surface area contributed by atoms with E-state index < -0.39 is 30.3 Å². The van der Waals surface area contributed by atoms with E-state index in [1.54, 1.807) is 0 Å². The summed E-state index contributed by atoms with van der Waals surface area (Å²) in [5.74, 6) is -2.30. The average molecular weight is 384 g/mol. The summed E-state index contributed by atoms with van der Waals surface area (Å²) in [5, 5.41) is 8.77. The Labute approximate surface area is 160 Å². The van der Waals surface area contributed by atoms with E-state index >= 15 is 0 Å². The van der Waals surface area contributed by atoms with Gasteiger partial charge in [-0.2, -0.15) is 5.26 Å². The molecule has 0 N–H and O–H groups in total. The number of halogens is 1. The van der Waals surface area contributed by atoms with E-state index in [9.17, 15) is 18.8 Å². The van der Waals surface area contributed by atoms with Crippen molar-refractivity contribution in [3.05, 3.63) is 65.5 Å². The maximum Gasteiger partial charge on any atom is 0.338 e. The first-order chi connectivity index (χ1) is 13.5. The van der Waals surface area contributed by atoms with Crippen LogP contribution in [0.4, 0.5) is 10.1 Å². The minimum atomic E-state index is -0.746. The molecule has 2 rings (SSSR count). The predicted octanol–water partition coefficient (Wildman–Crippen LogP) is 2.72. The molecule has 0 unspecified atom stereocenters. The maximum atomic E-state index is 13.1. The van der Waals surface area contributed by atoms with Crippen molar-refractivity contribution < 1.29 is 28.2 Å². The number of nitriles is 1. The number of rotatable bonds is 7. The number of hydrogen-bond donors (Lipinski definition) is 0. The third-order valence-electron chi connectivity index (χ3n) is 3.76. The van der Waals surface area contributed by atoms with Gasteiger partial charge in [-0.05, 0) is 48.5 Å². The third kappa shape index (κ3) is 5.38. The molecule has 0 radical (unpaired) electrons. The average Bonchev–Trinajstić information content (AvgIpc) is 2.73. The highest BCUT2D eigenvalue weighted by Gasteiger charge is 2.18. The standard InChI is InChI=1S/C20H17FN2O5/c1-27-19(25)14-3-5-15(6-4-14)20(26)28-13-18(24)23(12-2-11-22)17-9-7-16(21)8-10-17/h3-10H,2,12-13H2,1H3. The molecule has 0 aliphatic carbocycles. The number of methoxy groups -OCH3 is 1. The largest absolute Gasteiger partial charge is 0.465 e. The van der Waals surface area contributed by atoms with E-state index in [4.69, 9.17) is 10.00 Å². The molecular weight excluding hydrogens is 367 g/mol. The molecule has 2 aromatic carbocycles. The molecule has 0 bridgehead atoms. The van der Waals surface area contributed by atoms with Crippen LogP contribution < -0.4 is 4.90 Å². The predicted molar refractivity (Wildman–Crippen MR) is 97.0 cm³/mol. The fourth-order valence-electron chi connectivity index (χ4n) is 2.33. The van der Waals surface area contributed by atoms with Gasteiger partial charge in [0.2, 0.25) is 0 Å². The molecule has 0 saturated carbocycles. The highest BCUT2D eigenvalue weighted by Crippen LogP contribution is 2.16. The summed E-state index contributed by atoms with van der Waals surface area (Å²) in [6.07, 6.45) is 0.0616. The van der Waals surface area contributed by atoms with Crippen LogP contribution in [0.3, 0.4) is 0 Å². The Hall–Kier alpha value is -3.73. The van der Waals surface area contributed by atoms with Crippen LogP contribution in [-0.4, -0.2) is 38.1 Å². The van der Waals surface area contributed by atoms with Gasteiger partial charge in [-0.15, -0.1) is 0 Å². The van der Waals surface area contributed by atoms with Gasteiger partial charge in [-0.3, -0.25) is 4.79 Å². The molecule has 8 heteroatoms. The van der Waals surface area contributed by atoms with Gasteiger partial charge in [0.1, 0.15) is 5.82 Å². The Kier molecular flexibility index (Phi) is 7.22. The summed E-state index contributed by atoms with van der Waals surface area (Å²) >= 11 is 0. The van der Waals surface area contributed by atoms with E-state index in [1.807, 2.05) is 6.07 Å². The van der Waals surface area contributed by atoms with Crippen molar-refractivity contribution in [2.24, 2.45) is 0 Å². The number of benzene rings is 2. The summed E-state index contributed by atoms with van der Waals surface area (Å²) in [6, 6.07) is 12.7. The van der Waals surface area contributed by atoms with Crippen molar-refractivity contribution >= 4 is 23.5 Å². The Bertz CT molecular complexity index is 888. The summed E-state index contributed by atoms with van der Waals surface area (Å²) < 4.78 is 22.7. The number of hydrogen-bond acceptors (Lipinski definition) is 6. The van der Waals surface area contributed by atoms with Crippen LogP contribution in [0.15, 0.2) is 48.5 Å². The number of carbonyl (C=O) groups excluding carboxylic acids is 3. The van der Waals surface area contributed by atoms with Crippen molar-refractivity contribution in [1.29, 1.82) is 5.26 Å². The first-order valence-corrected chi connectivity index (χ1v) is 8.24. The van der Waals surface area contributed by atoms with Crippen LogP contribution in [0.1, 0.15) is 27.1 Å². The Morgan fingerprint density at radius 1 is 1.00 bits per heavy atom. The fraction of sp³-hybridized carbons (Fsp3) is 0.200. The number of anilines is 1. The fourth-order valence-corrected chi connectivity index (χ4v) is 2.33.